The van der Waals surface area contributed by atoms with E-state index in [0.717, 1.165) is 30.7 Å². The van der Waals surface area contributed by atoms with Crippen molar-refractivity contribution in [1.82, 2.24) is 24.0 Å². The van der Waals surface area contributed by atoms with E-state index in [-0.39, 0.29) is 6.54 Å². The van der Waals surface area contributed by atoms with Gasteiger partial charge in [-0.25, -0.2) is 9.59 Å². The molecule has 200 valence electrons. The topological polar surface area (TPSA) is 138 Å². The number of aromatic nitrogens is 4. The van der Waals surface area contributed by atoms with Gasteiger partial charge in [0.25, 0.3) is 5.56 Å². The van der Waals surface area contributed by atoms with E-state index in [2.05, 4.69) is 33.1 Å². The first-order valence-electron chi connectivity index (χ1n) is 11.3. The Bertz CT molecular complexity index is 1560. The molecule has 1 aromatic carbocycles. The zero-order chi connectivity index (χ0) is 28.0. The molecule has 0 atom stereocenters. The lowest BCUT2D eigenvalue weighted by molar-refractivity contribution is -0.192. The Morgan fingerprint density at radius 3 is 2.39 bits per heavy atom. The van der Waals surface area contributed by atoms with Crippen molar-refractivity contribution < 1.29 is 23.1 Å². The molecule has 0 saturated carbocycles. The van der Waals surface area contributed by atoms with Crippen LogP contribution in [0.25, 0.3) is 11.2 Å². The molecule has 38 heavy (non-hydrogen) atoms. The SMILES string of the molecule is CC#CCn1c(N2CCNCC2)nc2c1c(=O)n(Cc1ccccc1C#N)c(=O)n2C.O=C(O)C(F)(F)F. The van der Waals surface area contributed by atoms with Gasteiger partial charge in [-0.2, -0.15) is 23.4 Å². The van der Waals surface area contributed by atoms with Crippen LogP contribution in [0.15, 0.2) is 33.9 Å². The van der Waals surface area contributed by atoms with Gasteiger partial charge in [0, 0.05) is 33.2 Å². The lowest BCUT2D eigenvalue weighted by Gasteiger charge is -2.28. The largest absolute Gasteiger partial charge is 0.490 e. The lowest BCUT2D eigenvalue weighted by Crippen LogP contribution is -2.44. The van der Waals surface area contributed by atoms with E-state index in [9.17, 15) is 28.0 Å². The quantitative estimate of drug-likeness (QED) is 0.474. The van der Waals surface area contributed by atoms with Crippen LogP contribution < -0.4 is 21.5 Å². The summed E-state index contributed by atoms with van der Waals surface area (Å²) in [5.74, 6) is 3.78. The van der Waals surface area contributed by atoms with Crippen LogP contribution in [0.3, 0.4) is 0 Å². The highest BCUT2D eigenvalue weighted by Gasteiger charge is 2.38. The number of rotatable bonds is 4. The van der Waals surface area contributed by atoms with Gasteiger partial charge in [0.05, 0.1) is 24.7 Å². The lowest BCUT2D eigenvalue weighted by atomic mass is 10.1. The second-order valence-electron chi connectivity index (χ2n) is 8.14. The summed E-state index contributed by atoms with van der Waals surface area (Å²) in [5.41, 5.74) is 0.828. The van der Waals surface area contributed by atoms with Gasteiger partial charge < -0.3 is 15.3 Å². The summed E-state index contributed by atoms with van der Waals surface area (Å²) in [5, 5.41) is 19.8. The second-order valence-corrected chi connectivity index (χ2v) is 8.14. The van der Waals surface area contributed by atoms with Crippen LogP contribution in [0.5, 0.6) is 0 Å². The Labute approximate surface area is 214 Å². The molecule has 0 spiro atoms. The fraction of sp³-hybridized carbons (Fsp3) is 0.375. The molecule has 1 aliphatic heterocycles. The van der Waals surface area contributed by atoms with Gasteiger partial charge in [0.2, 0.25) is 5.95 Å². The van der Waals surface area contributed by atoms with Gasteiger partial charge in [-0.3, -0.25) is 18.5 Å². The summed E-state index contributed by atoms with van der Waals surface area (Å²) in [6, 6.07) is 9.08. The molecule has 4 rings (SSSR count). The van der Waals surface area contributed by atoms with Crippen LogP contribution >= 0.6 is 0 Å². The Balaban J connectivity index is 0.000000505. The molecular weight excluding hydrogens is 507 g/mol. The predicted molar refractivity (Wildman–Crippen MR) is 132 cm³/mol. The molecule has 0 amide bonds. The van der Waals surface area contributed by atoms with Crippen molar-refractivity contribution in [1.29, 1.82) is 5.26 Å². The van der Waals surface area contributed by atoms with Crippen molar-refractivity contribution in [3.63, 3.8) is 0 Å². The van der Waals surface area contributed by atoms with Crippen molar-refractivity contribution in [3.05, 3.63) is 56.2 Å². The molecule has 2 aromatic heterocycles. The van der Waals surface area contributed by atoms with E-state index in [1.165, 1.54) is 4.57 Å². The maximum atomic E-state index is 13.5. The molecule has 1 aliphatic rings. The zero-order valence-electron chi connectivity index (χ0n) is 20.5. The molecular formula is C24H24F3N7O4. The van der Waals surface area contributed by atoms with Crippen molar-refractivity contribution >= 4 is 23.1 Å². The van der Waals surface area contributed by atoms with Gasteiger partial charge in [-0.15, -0.1) is 5.92 Å². The number of hydrogen-bond donors (Lipinski definition) is 2. The van der Waals surface area contributed by atoms with Crippen LogP contribution in [0.1, 0.15) is 18.1 Å². The first kappa shape index (κ1) is 28.0. The number of carboxylic acid groups (broad SMARTS) is 1. The third-order valence-corrected chi connectivity index (χ3v) is 5.73. The van der Waals surface area contributed by atoms with Crippen LogP contribution in [0.2, 0.25) is 0 Å². The number of nitrogens with one attached hydrogen (secondary N) is 1. The van der Waals surface area contributed by atoms with Gasteiger partial charge in [0.15, 0.2) is 11.2 Å². The Kier molecular flexibility index (Phi) is 8.60. The second kappa shape index (κ2) is 11.7. The number of aryl methyl sites for hydroxylation is 1. The molecule has 0 aliphatic carbocycles. The third kappa shape index (κ3) is 5.87. The van der Waals surface area contributed by atoms with Crippen LogP contribution in [0, 0.1) is 23.2 Å². The van der Waals surface area contributed by atoms with E-state index in [4.69, 9.17) is 9.90 Å². The minimum absolute atomic E-state index is 0.0127. The maximum Gasteiger partial charge on any atom is 0.490 e. The van der Waals surface area contributed by atoms with E-state index in [0.29, 0.717) is 34.8 Å². The van der Waals surface area contributed by atoms with E-state index in [1.54, 1.807) is 42.8 Å². The number of alkyl halides is 3. The number of aliphatic carboxylic acids is 1. The number of nitrogens with zero attached hydrogens (tertiary/aromatic N) is 6. The number of piperazine rings is 1. The number of carboxylic acids is 1. The minimum atomic E-state index is -5.08. The van der Waals surface area contributed by atoms with Crippen LogP contribution in [0.4, 0.5) is 19.1 Å². The first-order chi connectivity index (χ1) is 18.0. The predicted octanol–water partition coefficient (Wildman–Crippen LogP) is 0.883. The number of halogens is 3. The maximum absolute atomic E-state index is 13.5. The standard InChI is InChI=1S/C22H23N7O2.C2HF3O2/c1-3-4-11-28-18-19(25-21(28)27-12-9-24-10-13-27)26(2)22(31)29(20(18)30)15-17-8-6-5-7-16(17)14-23;3-2(4,5)1(6)7/h5-8,24H,9-13,15H2,1-2H3;(H,6,7). The Hall–Kier alpha value is -4.56. The van der Waals surface area contributed by atoms with Crippen molar-refractivity contribution in [2.75, 3.05) is 31.1 Å². The summed E-state index contributed by atoms with van der Waals surface area (Å²) in [6.07, 6.45) is -5.08. The number of nitriles is 1. The zero-order valence-corrected chi connectivity index (χ0v) is 20.5. The van der Waals surface area contributed by atoms with Crippen LogP contribution in [-0.2, 0) is 24.9 Å². The highest BCUT2D eigenvalue weighted by molar-refractivity contribution is 5.75. The van der Waals surface area contributed by atoms with Crippen molar-refractivity contribution in [3.8, 4) is 17.9 Å². The molecule has 14 heteroatoms. The number of carbonyl (C=O) groups is 1. The summed E-state index contributed by atoms with van der Waals surface area (Å²) < 4.78 is 36.1. The summed E-state index contributed by atoms with van der Waals surface area (Å²) in [6.45, 7) is 5.19. The van der Waals surface area contributed by atoms with Gasteiger partial charge in [-0.05, 0) is 18.6 Å². The number of benzene rings is 1. The summed E-state index contributed by atoms with van der Waals surface area (Å²) in [4.78, 5) is 42.3. The third-order valence-electron chi connectivity index (χ3n) is 5.73. The fourth-order valence-electron chi connectivity index (χ4n) is 3.85. The Morgan fingerprint density at radius 1 is 1.18 bits per heavy atom. The highest BCUT2D eigenvalue weighted by atomic mass is 19.4. The van der Waals surface area contributed by atoms with E-state index < -0.39 is 23.4 Å². The molecule has 0 bridgehead atoms. The normalized spacial score (nSPS) is 13.2. The van der Waals surface area contributed by atoms with Gasteiger partial charge in [-0.1, -0.05) is 24.1 Å². The number of imidazole rings is 1. The molecule has 3 aromatic rings. The molecule has 0 unspecified atom stereocenters. The van der Waals surface area contributed by atoms with Gasteiger partial charge >= 0.3 is 17.8 Å². The molecule has 2 N–H and O–H groups in total. The van der Waals surface area contributed by atoms with Crippen molar-refractivity contribution in [2.24, 2.45) is 7.05 Å². The molecule has 11 nitrogen and oxygen atoms in total. The van der Waals surface area contributed by atoms with E-state index >= 15 is 0 Å². The molecule has 0 radical (unpaired) electrons. The summed E-state index contributed by atoms with van der Waals surface area (Å²) >= 11 is 0. The molecule has 1 fully saturated rings. The number of hydrogen-bond acceptors (Lipinski definition) is 7. The molecule has 1 saturated heterocycles. The van der Waals surface area contributed by atoms with E-state index in [1.807, 2.05) is 0 Å². The smallest absolute Gasteiger partial charge is 0.475 e. The number of anilines is 1. The van der Waals surface area contributed by atoms with Gasteiger partial charge in [0.1, 0.15) is 0 Å². The van der Waals surface area contributed by atoms with Crippen LogP contribution in [-0.4, -0.2) is 62.1 Å². The highest BCUT2D eigenvalue weighted by Crippen LogP contribution is 2.20. The molecule has 3 heterocycles. The minimum Gasteiger partial charge on any atom is -0.475 e. The number of fused-ring (bicyclic) bond motifs is 1. The average Bonchev–Trinajstić information content (AvgIpc) is 3.29. The first-order valence-corrected chi connectivity index (χ1v) is 11.3. The Morgan fingerprint density at radius 2 is 1.82 bits per heavy atom. The average molecular weight is 531 g/mol. The van der Waals surface area contributed by atoms with Crippen molar-refractivity contribution in [2.45, 2.75) is 26.2 Å². The summed E-state index contributed by atoms with van der Waals surface area (Å²) in [7, 11) is 1.61. The fourth-order valence-corrected chi connectivity index (χ4v) is 3.85. The monoisotopic (exact) mass is 531 g/mol.